The summed E-state index contributed by atoms with van der Waals surface area (Å²) in [5.74, 6) is 1.30. The summed E-state index contributed by atoms with van der Waals surface area (Å²) in [5.41, 5.74) is 5.09. The van der Waals surface area contributed by atoms with Gasteiger partial charge in [0.05, 0.1) is 22.6 Å². The largest absolute Gasteiger partial charge is 0.367 e. The standard InChI is InChI=1S/C22H25FN6O/c1-13(2)20-19-18(30-28-20)6-3-14-12-25-22(27-21(14)19)26-15-4-5-17(16(23)11-15)29-9-7-24-8-10-29/h4-5,11-13,24H,3,6-10H2,1-2H3,(H,25,26,27). The number of nitrogens with zero attached hydrogens (tertiary/aromatic N) is 4. The van der Waals surface area contributed by atoms with E-state index in [0.29, 0.717) is 17.3 Å². The number of piperazine rings is 1. The van der Waals surface area contributed by atoms with Gasteiger partial charge in [-0.25, -0.2) is 14.4 Å². The summed E-state index contributed by atoms with van der Waals surface area (Å²) in [4.78, 5) is 11.3. The number of halogens is 1. The highest BCUT2D eigenvalue weighted by Crippen LogP contribution is 2.38. The highest BCUT2D eigenvalue weighted by Gasteiger charge is 2.27. The van der Waals surface area contributed by atoms with Crippen molar-refractivity contribution in [3.8, 4) is 11.3 Å². The lowest BCUT2D eigenvalue weighted by atomic mass is 9.91. The molecule has 7 nitrogen and oxygen atoms in total. The van der Waals surface area contributed by atoms with Gasteiger partial charge in [0.1, 0.15) is 11.6 Å². The van der Waals surface area contributed by atoms with Crippen LogP contribution in [0, 0.1) is 5.82 Å². The fourth-order valence-corrected chi connectivity index (χ4v) is 4.15. The normalized spacial score (nSPS) is 15.8. The minimum Gasteiger partial charge on any atom is -0.367 e. The van der Waals surface area contributed by atoms with Crippen molar-refractivity contribution in [2.75, 3.05) is 36.4 Å². The van der Waals surface area contributed by atoms with Crippen molar-refractivity contribution in [3.05, 3.63) is 47.2 Å². The third kappa shape index (κ3) is 3.41. The second-order valence-electron chi connectivity index (χ2n) is 8.12. The third-order valence-electron chi connectivity index (χ3n) is 5.72. The first-order valence-corrected chi connectivity index (χ1v) is 10.5. The molecule has 0 saturated carbocycles. The molecule has 0 amide bonds. The molecule has 3 aromatic rings. The topological polar surface area (TPSA) is 79.1 Å². The fourth-order valence-electron chi connectivity index (χ4n) is 4.15. The van der Waals surface area contributed by atoms with Gasteiger partial charge in [-0.2, -0.15) is 0 Å². The summed E-state index contributed by atoms with van der Waals surface area (Å²) in [6, 6.07) is 5.19. The molecule has 156 valence electrons. The number of hydrogen-bond acceptors (Lipinski definition) is 7. The first-order valence-electron chi connectivity index (χ1n) is 10.5. The summed E-state index contributed by atoms with van der Waals surface area (Å²) < 4.78 is 20.3. The van der Waals surface area contributed by atoms with Crippen molar-refractivity contribution in [1.82, 2.24) is 20.4 Å². The Hall–Kier alpha value is -3.00. The Morgan fingerprint density at radius 2 is 2.03 bits per heavy atom. The Bertz CT molecular complexity index is 1070. The lowest BCUT2D eigenvalue weighted by molar-refractivity contribution is 0.374. The molecule has 0 radical (unpaired) electrons. The predicted molar refractivity (Wildman–Crippen MR) is 114 cm³/mol. The van der Waals surface area contributed by atoms with E-state index in [0.717, 1.165) is 67.3 Å². The van der Waals surface area contributed by atoms with Crippen LogP contribution in [0.25, 0.3) is 11.3 Å². The third-order valence-corrected chi connectivity index (χ3v) is 5.72. The average Bonchev–Trinajstić information content (AvgIpc) is 3.20. The predicted octanol–water partition coefficient (Wildman–Crippen LogP) is 3.65. The van der Waals surface area contributed by atoms with Crippen molar-refractivity contribution in [2.24, 2.45) is 0 Å². The van der Waals surface area contributed by atoms with Gasteiger partial charge in [-0.3, -0.25) is 0 Å². The molecule has 1 saturated heterocycles. The van der Waals surface area contributed by atoms with Crippen LogP contribution >= 0.6 is 0 Å². The van der Waals surface area contributed by atoms with Crippen LogP contribution < -0.4 is 15.5 Å². The first kappa shape index (κ1) is 19.0. The molecule has 2 aromatic heterocycles. The summed E-state index contributed by atoms with van der Waals surface area (Å²) in [5, 5.41) is 10.7. The quantitative estimate of drug-likeness (QED) is 0.682. The zero-order valence-electron chi connectivity index (χ0n) is 17.2. The SMILES string of the molecule is CC(C)c1noc2c1-c1nc(Nc3ccc(N4CCNCC4)c(F)c3)ncc1CC2. The summed E-state index contributed by atoms with van der Waals surface area (Å²) >= 11 is 0. The highest BCUT2D eigenvalue weighted by atomic mass is 19.1. The van der Waals surface area contributed by atoms with Gasteiger partial charge in [-0.15, -0.1) is 0 Å². The van der Waals surface area contributed by atoms with E-state index in [4.69, 9.17) is 9.51 Å². The molecule has 8 heteroatoms. The lowest BCUT2D eigenvalue weighted by Gasteiger charge is -2.29. The van der Waals surface area contributed by atoms with Crippen LogP contribution in [0.2, 0.25) is 0 Å². The van der Waals surface area contributed by atoms with Crippen LogP contribution in [-0.4, -0.2) is 41.3 Å². The van der Waals surface area contributed by atoms with E-state index >= 15 is 0 Å². The first-order chi connectivity index (χ1) is 14.6. The Labute approximate surface area is 174 Å². The molecule has 1 aliphatic heterocycles. The fraction of sp³-hybridized carbons (Fsp3) is 0.409. The smallest absolute Gasteiger partial charge is 0.227 e. The van der Waals surface area contributed by atoms with E-state index in [1.54, 1.807) is 0 Å². The van der Waals surface area contributed by atoms with Gasteiger partial charge in [-0.05, 0) is 36.1 Å². The zero-order valence-corrected chi connectivity index (χ0v) is 17.2. The van der Waals surface area contributed by atoms with Crippen LogP contribution in [0.4, 0.5) is 21.7 Å². The average molecular weight is 408 g/mol. The molecular formula is C22H25FN6O. The van der Waals surface area contributed by atoms with Crippen LogP contribution in [0.15, 0.2) is 28.9 Å². The number of aromatic nitrogens is 3. The maximum absolute atomic E-state index is 14.7. The molecule has 0 unspecified atom stereocenters. The van der Waals surface area contributed by atoms with Crippen molar-refractivity contribution in [2.45, 2.75) is 32.6 Å². The van der Waals surface area contributed by atoms with Gasteiger partial charge in [0.15, 0.2) is 0 Å². The maximum Gasteiger partial charge on any atom is 0.227 e. The summed E-state index contributed by atoms with van der Waals surface area (Å²) in [6.07, 6.45) is 3.47. The molecule has 5 rings (SSSR count). The number of rotatable bonds is 4. The highest BCUT2D eigenvalue weighted by molar-refractivity contribution is 5.72. The van der Waals surface area contributed by atoms with E-state index in [2.05, 4.69) is 39.5 Å². The number of aryl methyl sites for hydroxylation is 2. The molecule has 1 aliphatic carbocycles. The van der Waals surface area contributed by atoms with E-state index in [-0.39, 0.29) is 11.7 Å². The van der Waals surface area contributed by atoms with Crippen LogP contribution in [-0.2, 0) is 12.8 Å². The molecule has 3 heterocycles. The minimum absolute atomic E-state index is 0.237. The van der Waals surface area contributed by atoms with Gasteiger partial charge < -0.3 is 20.1 Å². The second-order valence-corrected chi connectivity index (χ2v) is 8.12. The van der Waals surface area contributed by atoms with Crippen molar-refractivity contribution >= 4 is 17.3 Å². The lowest BCUT2D eigenvalue weighted by Crippen LogP contribution is -2.43. The minimum atomic E-state index is -0.247. The Kier molecular flexibility index (Phi) is 4.86. The van der Waals surface area contributed by atoms with Crippen molar-refractivity contribution in [3.63, 3.8) is 0 Å². The molecular weight excluding hydrogens is 383 g/mol. The number of benzene rings is 1. The monoisotopic (exact) mass is 408 g/mol. The van der Waals surface area contributed by atoms with E-state index < -0.39 is 0 Å². The molecule has 0 atom stereocenters. The molecule has 2 aliphatic rings. The van der Waals surface area contributed by atoms with Crippen LogP contribution in [0.5, 0.6) is 0 Å². The van der Waals surface area contributed by atoms with E-state index in [9.17, 15) is 4.39 Å². The van der Waals surface area contributed by atoms with Gasteiger partial charge >= 0.3 is 0 Å². The number of hydrogen-bond donors (Lipinski definition) is 2. The van der Waals surface area contributed by atoms with Crippen molar-refractivity contribution < 1.29 is 8.91 Å². The van der Waals surface area contributed by atoms with E-state index in [1.807, 2.05) is 18.3 Å². The molecule has 1 aromatic carbocycles. The van der Waals surface area contributed by atoms with Gasteiger partial charge in [0, 0.05) is 44.5 Å². The second kappa shape index (κ2) is 7.68. The van der Waals surface area contributed by atoms with Crippen LogP contribution in [0.3, 0.4) is 0 Å². The maximum atomic E-state index is 14.7. The number of nitrogens with one attached hydrogen (secondary N) is 2. The van der Waals surface area contributed by atoms with Crippen LogP contribution in [0.1, 0.15) is 36.8 Å². The van der Waals surface area contributed by atoms with Crippen molar-refractivity contribution in [1.29, 1.82) is 0 Å². The molecule has 30 heavy (non-hydrogen) atoms. The molecule has 0 spiro atoms. The van der Waals surface area contributed by atoms with E-state index in [1.165, 1.54) is 6.07 Å². The summed E-state index contributed by atoms with van der Waals surface area (Å²) in [6.45, 7) is 7.52. The summed E-state index contributed by atoms with van der Waals surface area (Å²) in [7, 11) is 0. The Morgan fingerprint density at radius 3 is 2.80 bits per heavy atom. The Balaban J connectivity index is 1.43. The van der Waals surface area contributed by atoms with Gasteiger partial charge in [-0.1, -0.05) is 19.0 Å². The van der Waals surface area contributed by atoms with Gasteiger partial charge in [0.25, 0.3) is 0 Å². The number of anilines is 3. The number of fused-ring (bicyclic) bond motifs is 3. The molecule has 1 fully saturated rings. The molecule has 2 N–H and O–H groups in total. The van der Waals surface area contributed by atoms with Gasteiger partial charge in [0.2, 0.25) is 5.95 Å². The molecule has 0 bridgehead atoms. The Morgan fingerprint density at radius 1 is 1.20 bits per heavy atom. The zero-order chi connectivity index (χ0) is 20.7.